The number of likely N-dealkylation sites (tertiary alicyclic amines) is 1. The minimum absolute atomic E-state index is 0.0402. The van der Waals surface area contributed by atoms with Crippen molar-refractivity contribution in [3.8, 4) is 0 Å². The van der Waals surface area contributed by atoms with E-state index in [0.29, 0.717) is 0 Å². The first kappa shape index (κ1) is 24.0. The number of β-amino-alcohol motifs (C(OH)–C–C–N with tert-alkyl or cyclic N) is 1. The summed E-state index contributed by atoms with van der Waals surface area (Å²) < 4.78 is 5.34. The molecule has 1 fully saturated rings. The van der Waals surface area contributed by atoms with Crippen molar-refractivity contribution < 1.29 is 24.2 Å². The maximum absolute atomic E-state index is 13.5. The lowest BCUT2D eigenvalue weighted by atomic mass is 9.69. The number of hydrogen-bond donors (Lipinski definition) is 2. The fourth-order valence-electron chi connectivity index (χ4n) is 5.22. The number of ether oxygens (including phenoxy) is 1. The number of carbonyl (C=O) groups is 3. The molecule has 3 rings (SSSR count). The van der Waals surface area contributed by atoms with Crippen LogP contribution >= 0.6 is 0 Å². The van der Waals surface area contributed by atoms with E-state index >= 15 is 0 Å². The Labute approximate surface area is 189 Å². The molecule has 0 aromatic heterocycles. The molecular weight excluding hydrogens is 408 g/mol. The number of amides is 2. The molecule has 5 atom stereocenters. The number of nitrogens with zero attached hydrogens (tertiary/aromatic N) is 1. The van der Waals surface area contributed by atoms with Gasteiger partial charge in [-0.05, 0) is 44.2 Å². The number of carbonyl (C=O) groups excluding carboxylic acids is 3. The SMILES string of the molecule is CCC[C@@H]1C=C[C@H]2[C@H](C(=O)N(CCO)[C@@H]2C(=O)Nc2c(C)cccc2C)[C@@H]1C(=O)OCC. The predicted octanol–water partition coefficient (Wildman–Crippen LogP) is 2.84. The van der Waals surface area contributed by atoms with E-state index in [1.165, 1.54) is 4.90 Å². The van der Waals surface area contributed by atoms with Crippen LogP contribution in [0.2, 0.25) is 0 Å². The van der Waals surface area contributed by atoms with Crippen molar-refractivity contribution in [2.45, 2.75) is 46.6 Å². The Kier molecular flexibility index (Phi) is 7.72. The molecule has 2 N–H and O–H groups in total. The summed E-state index contributed by atoms with van der Waals surface area (Å²) in [7, 11) is 0. The van der Waals surface area contributed by atoms with Gasteiger partial charge in [-0.25, -0.2) is 0 Å². The normalized spacial score (nSPS) is 26.7. The second kappa shape index (κ2) is 10.3. The second-order valence-electron chi connectivity index (χ2n) is 8.67. The maximum atomic E-state index is 13.5. The molecule has 1 aliphatic carbocycles. The molecule has 32 heavy (non-hydrogen) atoms. The van der Waals surface area contributed by atoms with Gasteiger partial charge < -0.3 is 20.1 Å². The zero-order chi connectivity index (χ0) is 23.4. The second-order valence-corrected chi connectivity index (χ2v) is 8.67. The predicted molar refractivity (Wildman–Crippen MR) is 122 cm³/mol. The lowest BCUT2D eigenvalue weighted by molar-refractivity contribution is -0.155. The van der Waals surface area contributed by atoms with Crippen molar-refractivity contribution in [2.24, 2.45) is 23.7 Å². The summed E-state index contributed by atoms with van der Waals surface area (Å²) in [6.07, 6.45) is 5.52. The third-order valence-corrected chi connectivity index (χ3v) is 6.63. The number of esters is 1. The summed E-state index contributed by atoms with van der Waals surface area (Å²) in [6.45, 7) is 7.64. The number of nitrogens with one attached hydrogen (secondary N) is 1. The minimum atomic E-state index is -0.797. The van der Waals surface area contributed by atoms with Crippen molar-refractivity contribution >= 4 is 23.5 Å². The van der Waals surface area contributed by atoms with E-state index in [2.05, 4.69) is 5.32 Å². The molecule has 2 amide bonds. The lowest BCUT2D eigenvalue weighted by Gasteiger charge is -2.33. The summed E-state index contributed by atoms with van der Waals surface area (Å²) in [4.78, 5) is 41.3. The van der Waals surface area contributed by atoms with E-state index in [0.717, 1.165) is 29.7 Å². The largest absolute Gasteiger partial charge is 0.466 e. The van der Waals surface area contributed by atoms with Crippen LogP contribution in [0.4, 0.5) is 5.69 Å². The maximum Gasteiger partial charge on any atom is 0.310 e. The van der Waals surface area contributed by atoms with Gasteiger partial charge in [-0.2, -0.15) is 0 Å². The number of rotatable bonds is 8. The Bertz CT molecular complexity index is 876. The number of fused-ring (bicyclic) bond motifs is 1. The van der Waals surface area contributed by atoms with Crippen LogP contribution in [0.3, 0.4) is 0 Å². The van der Waals surface area contributed by atoms with Crippen molar-refractivity contribution in [3.05, 3.63) is 41.5 Å². The van der Waals surface area contributed by atoms with Gasteiger partial charge >= 0.3 is 5.97 Å². The van der Waals surface area contributed by atoms with Gasteiger partial charge in [0.15, 0.2) is 0 Å². The van der Waals surface area contributed by atoms with Gasteiger partial charge in [-0.1, -0.05) is 43.7 Å². The number of aryl methyl sites for hydroxylation is 2. The molecule has 1 aromatic rings. The van der Waals surface area contributed by atoms with Crippen molar-refractivity contribution in [1.29, 1.82) is 0 Å². The Morgan fingerprint density at radius 3 is 2.44 bits per heavy atom. The van der Waals surface area contributed by atoms with Gasteiger partial charge in [0.25, 0.3) is 0 Å². The van der Waals surface area contributed by atoms with E-state index in [1.54, 1.807) is 6.92 Å². The Hall–Kier alpha value is -2.67. The number of allylic oxidation sites excluding steroid dienone is 1. The average Bonchev–Trinajstić information content (AvgIpc) is 3.03. The van der Waals surface area contributed by atoms with Crippen LogP contribution in [0.5, 0.6) is 0 Å². The van der Waals surface area contributed by atoms with Crippen molar-refractivity contribution in [1.82, 2.24) is 4.90 Å². The summed E-state index contributed by atoms with van der Waals surface area (Å²) in [6, 6.07) is 4.97. The topological polar surface area (TPSA) is 95.9 Å². The van der Waals surface area contributed by atoms with Crippen LogP contribution < -0.4 is 5.32 Å². The molecular formula is C25H34N2O5. The smallest absolute Gasteiger partial charge is 0.310 e. The molecule has 7 nitrogen and oxygen atoms in total. The number of aliphatic hydroxyl groups is 1. The molecule has 1 heterocycles. The summed E-state index contributed by atoms with van der Waals surface area (Å²) in [5.74, 6) is -2.83. The number of anilines is 1. The fraction of sp³-hybridized carbons (Fsp3) is 0.560. The number of hydrogen-bond acceptors (Lipinski definition) is 5. The molecule has 0 radical (unpaired) electrons. The highest BCUT2D eigenvalue weighted by atomic mass is 16.5. The third kappa shape index (κ3) is 4.44. The standard InChI is InChI=1S/C25H34N2O5/c1-5-8-17-11-12-18-20(19(17)25(31)32-6-2)24(30)27(13-14-28)22(18)23(29)26-21-15(3)9-7-10-16(21)4/h7,9-12,17-20,22,28H,5-6,8,13-14H2,1-4H3,(H,26,29)/t17-,18+,19-,20+,22+/m1/s1. The quantitative estimate of drug-likeness (QED) is 0.477. The zero-order valence-corrected chi connectivity index (χ0v) is 19.3. The van der Waals surface area contributed by atoms with Gasteiger partial charge in [-0.15, -0.1) is 0 Å². The number of para-hydroxylation sites is 1. The number of aliphatic hydroxyl groups excluding tert-OH is 1. The highest BCUT2D eigenvalue weighted by Gasteiger charge is 2.57. The van der Waals surface area contributed by atoms with Crippen LogP contribution in [0.25, 0.3) is 0 Å². The molecule has 0 bridgehead atoms. The van der Waals surface area contributed by atoms with Crippen LogP contribution in [-0.2, 0) is 19.1 Å². The van der Waals surface area contributed by atoms with Gasteiger partial charge in [0.2, 0.25) is 11.8 Å². The van der Waals surface area contributed by atoms with Crippen LogP contribution in [0, 0.1) is 37.5 Å². The van der Waals surface area contributed by atoms with Crippen molar-refractivity contribution in [3.63, 3.8) is 0 Å². The van der Waals surface area contributed by atoms with Gasteiger partial charge in [0.1, 0.15) is 6.04 Å². The summed E-state index contributed by atoms with van der Waals surface area (Å²) in [5.41, 5.74) is 2.59. The first-order chi connectivity index (χ1) is 15.3. The zero-order valence-electron chi connectivity index (χ0n) is 19.3. The molecule has 1 aromatic carbocycles. The Balaban J connectivity index is 1.99. The summed E-state index contributed by atoms with van der Waals surface area (Å²) in [5, 5.41) is 12.6. The first-order valence-electron chi connectivity index (χ1n) is 11.5. The molecule has 1 saturated heterocycles. The van der Waals surface area contributed by atoms with Gasteiger partial charge in [0, 0.05) is 18.2 Å². The van der Waals surface area contributed by atoms with E-state index in [9.17, 15) is 19.5 Å². The molecule has 0 unspecified atom stereocenters. The monoisotopic (exact) mass is 442 g/mol. The molecule has 0 saturated carbocycles. The lowest BCUT2D eigenvalue weighted by Crippen LogP contribution is -2.45. The van der Waals surface area contributed by atoms with Crippen LogP contribution in [0.1, 0.15) is 37.8 Å². The molecule has 174 valence electrons. The highest BCUT2D eigenvalue weighted by molar-refractivity contribution is 6.02. The van der Waals surface area contributed by atoms with Gasteiger partial charge in [0.05, 0.1) is 25.0 Å². The van der Waals surface area contributed by atoms with Gasteiger partial charge in [-0.3, -0.25) is 14.4 Å². The molecule has 2 aliphatic rings. The highest BCUT2D eigenvalue weighted by Crippen LogP contribution is 2.45. The number of benzene rings is 1. The van der Waals surface area contributed by atoms with E-state index in [-0.39, 0.29) is 37.5 Å². The molecule has 7 heteroatoms. The molecule has 1 aliphatic heterocycles. The van der Waals surface area contributed by atoms with Crippen molar-refractivity contribution in [2.75, 3.05) is 25.1 Å². The van der Waals surface area contributed by atoms with E-state index < -0.39 is 29.8 Å². The average molecular weight is 443 g/mol. The van der Waals surface area contributed by atoms with Crippen LogP contribution in [-0.4, -0.2) is 53.6 Å². The fourth-order valence-corrected chi connectivity index (χ4v) is 5.22. The third-order valence-electron chi connectivity index (χ3n) is 6.63. The summed E-state index contributed by atoms with van der Waals surface area (Å²) >= 11 is 0. The Morgan fingerprint density at radius 2 is 1.84 bits per heavy atom. The minimum Gasteiger partial charge on any atom is -0.466 e. The molecule has 0 spiro atoms. The Morgan fingerprint density at radius 1 is 1.16 bits per heavy atom. The van der Waals surface area contributed by atoms with E-state index in [1.807, 2.05) is 51.1 Å². The van der Waals surface area contributed by atoms with Crippen LogP contribution in [0.15, 0.2) is 30.4 Å². The first-order valence-corrected chi connectivity index (χ1v) is 11.5. The van der Waals surface area contributed by atoms with E-state index in [4.69, 9.17) is 4.74 Å².